The normalized spacial score (nSPS) is 9.40. The number of amides is 1. The summed E-state index contributed by atoms with van der Waals surface area (Å²) in [7, 11) is 1.76. The SMILES string of the molecule is C=CCN(C)C(=O)CNc1ccccc1. The van der Waals surface area contributed by atoms with Crippen LogP contribution in [0.25, 0.3) is 0 Å². The highest BCUT2D eigenvalue weighted by molar-refractivity contribution is 5.80. The van der Waals surface area contributed by atoms with Gasteiger partial charge in [0, 0.05) is 19.3 Å². The van der Waals surface area contributed by atoms with Crippen LogP contribution < -0.4 is 5.32 Å². The topological polar surface area (TPSA) is 32.3 Å². The third-order valence-corrected chi connectivity index (χ3v) is 2.05. The van der Waals surface area contributed by atoms with Crippen molar-refractivity contribution in [1.82, 2.24) is 4.90 Å². The average molecular weight is 204 g/mol. The first-order chi connectivity index (χ1) is 7.24. The molecular formula is C12H16N2O. The van der Waals surface area contributed by atoms with Gasteiger partial charge in [-0.15, -0.1) is 6.58 Å². The molecule has 0 saturated heterocycles. The summed E-state index contributed by atoms with van der Waals surface area (Å²) < 4.78 is 0. The Morgan fingerprint density at radius 1 is 1.47 bits per heavy atom. The summed E-state index contributed by atoms with van der Waals surface area (Å²) >= 11 is 0. The third kappa shape index (κ3) is 3.85. The number of nitrogens with one attached hydrogen (secondary N) is 1. The zero-order valence-corrected chi connectivity index (χ0v) is 8.94. The van der Waals surface area contributed by atoms with Crippen molar-refractivity contribution in [3.8, 4) is 0 Å². The number of benzene rings is 1. The van der Waals surface area contributed by atoms with E-state index in [0.29, 0.717) is 13.1 Å². The first kappa shape index (κ1) is 11.3. The minimum Gasteiger partial charge on any atom is -0.376 e. The summed E-state index contributed by atoms with van der Waals surface area (Å²) in [4.78, 5) is 13.1. The molecule has 0 spiro atoms. The van der Waals surface area contributed by atoms with Gasteiger partial charge in [-0.2, -0.15) is 0 Å². The van der Waals surface area contributed by atoms with E-state index in [9.17, 15) is 4.79 Å². The number of hydrogen-bond donors (Lipinski definition) is 1. The second-order valence-electron chi connectivity index (χ2n) is 3.28. The fourth-order valence-corrected chi connectivity index (χ4v) is 1.16. The molecular weight excluding hydrogens is 188 g/mol. The predicted octanol–water partition coefficient (Wildman–Crippen LogP) is 1.74. The van der Waals surface area contributed by atoms with Crippen LogP contribution in [0.1, 0.15) is 0 Å². The molecule has 1 amide bonds. The van der Waals surface area contributed by atoms with Gasteiger partial charge in [0.25, 0.3) is 0 Å². The van der Waals surface area contributed by atoms with Crippen LogP contribution in [-0.4, -0.2) is 30.9 Å². The second-order valence-corrected chi connectivity index (χ2v) is 3.28. The molecule has 1 rings (SSSR count). The van der Waals surface area contributed by atoms with Gasteiger partial charge < -0.3 is 10.2 Å². The van der Waals surface area contributed by atoms with E-state index in [1.165, 1.54) is 0 Å². The molecule has 0 aromatic heterocycles. The van der Waals surface area contributed by atoms with Gasteiger partial charge in [0.1, 0.15) is 0 Å². The minimum atomic E-state index is 0.0544. The predicted molar refractivity (Wildman–Crippen MR) is 62.8 cm³/mol. The van der Waals surface area contributed by atoms with Crippen LogP contribution in [0.3, 0.4) is 0 Å². The number of carbonyl (C=O) groups is 1. The zero-order chi connectivity index (χ0) is 11.1. The first-order valence-corrected chi connectivity index (χ1v) is 4.88. The van der Waals surface area contributed by atoms with Crippen LogP contribution in [0.5, 0.6) is 0 Å². The molecule has 0 atom stereocenters. The van der Waals surface area contributed by atoms with Gasteiger partial charge in [-0.25, -0.2) is 0 Å². The molecule has 0 radical (unpaired) electrons. The van der Waals surface area contributed by atoms with Crippen molar-refractivity contribution in [1.29, 1.82) is 0 Å². The third-order valence-electron chi connectivity index (χ3n) is 2.05. The highest BCUT2D eigenvalue weighted by Crippen LogP contribution is 2.04. The van der Waals surface area contributed by atoms with Crippen LogP contribution in [0.2, 0.25) is 0 Å². The van der Waals surface area contributed by atoms with E-state index in [0.717, 1.165) is 5.69 Å². The standard InChI is InChI=1S/C12H16N2O/c1-3-9-14(2)12(15)10-13-11-7-5-4-6-8-11/h3-8,13H,1,9-10H2,2H3. The lowest BCUT2D eigenvalue weighted by Crippen LogP contribution is -2.32. The van der Waals surface area contributed by atoms with E-state index in [1.54, 1.807) is 18.0 Å². The number of rotatable bonds is 5. The van der Waals surface area contributed by atoms with E-state index in [2.05, 4.69) is 11.9 Å². The van der Waals surface area contributed by atoms with Gasteiger partial charge in [-0.05, 0) is 12.1 Å². The molecule has 0 aliphatic carbocycles. The van der Waals surface area contributed by atoms with Crippen LogP contribution in [0.4, 0.5) is 5.69 Å². The van der Waals surface area contributed by atoms with E-state index >= 15 is 0 Å². The van der Waals surface area contributed by atoms with Crippen molar-refractivity contribution < 1.29 is 4.79 Å². The maximum atomic E-state index is 11.5. The monoisotopic (exact) mass is 204 g/mol. The summed E-state index contributed by atoms with van der Waals surface area (Å²) in [5.74, 6) is 0.0544. The number of para-hydroxylation sites is 1. The molecule has 1 N–H and O–H groups in total. The Kier molecular flexibility index (Phi) is 4.41. The lowest BCUT2D eigenvalue weighted by Gasteiger charge is -2.15. The molecule has 80 valence electrons. The summed E-state index contributed by atoms with van der Waals surface area (Å²) in [5, 5.41) is 3.06. The molecule has 0 bridgehead atoms. The van der Waals surface area contributed by atoms with E-state index < -0.39 is 0 Å². The van der Waals surface area contributed by atoms with Gasteiger partial charge in [-0.1, -0.05) is 24.3 Å². The molecule has 1 aromatic rings. The number of nitrogens with zero attached hydrogens (tertiary/aromatic N) is 1. The molecule has 0 fully saturated rings. The van der Waals surface area contributed by atoms with Gasteiger partial charge in [0.05, 0.1) is 6.54 Å². The highest BCUT2D eigenvalue weighted by atomic mass is 16.2. The van der Waals surface area contributed by atoms with Crippen molar-refractivity contribution >= 4 is 11.6 Å². The second kappa shape index (κ2) is 5.86. The maximum absolute atomic E-state index is 11.5. The van der Waals surface area contributed by atoms with Gasteiger partial charge in [0.2, 0.25) is 5.91 Å². The Labute approximate surface area is 90.4 Å². The Morgan fingerprint density at radius 2 is 2.13 bits per heavy atom. The van der Waals surface area contributed by atoms with Crippen molar-refractivity contribution in [2.75, 3.05) is 25.5 Å². The lowest BCUT2D eigenvalue weighted by molar-refractivity contribution is -0.127. The van der Waals surface area contributed by atoms with E-state index in [4.69, 9.17) is 0 Å². The van der Waals surface area contributed by atoms with Crippen molar-refractivity contribution in [2.24, 2.45) is 0 Å². The summed E-state index contributed by atoms with van der Waals surface area (Å²) in [6.45, 7) is 4.48. The number of carbonyl (C=O) groups excluding carboxylic acids is 1. The molecule has 0 saturated carbocycles. The molecule has 0 heterocycles. The lowest BCUT2D eigenvalue weighted by atomic mass is 10.3. The number of hydrogen-bond acceptors (Lipinski definition) is 2. The van der Waals surface area contributed by atoms with Crippen LogP contribution in [0, 0.1) is 0 Å². The van der Waals surface area contributed by atoms with Gasteiger partial charge >= 0.3 is 0 Å². The Hall–Kier alpha value is -1.77. The van der Waals surface area contributed by atoms with Crippen LogP contribution in [0.15, 0.2) is 43.0 Å². The molecule has 3 nitrogen and oxygen atoms in total. The average Bonchev–Trinajstić information content (AvgIpc) is 2.27. The first-order valence-electron chi connectivity index (χ1n) is 4.88. The van der Waals surface area contributed by atoms with Crippen LogP contribution in [-0.2, 0) is 4.79 Å². The molecule has 0 aliphatic heterocycles. The quantitative estimate of drug-likeness (QED) is 0.741. The van der Waals surface area contributed by atoms with Gasteiger partial charge in [0.15, 0.2) is 0 Å². The zero-order valence-electron chi connectivity index (χ0n) is 8.94. The molecule has 15 heavy (non-hydrogen) atoms. The van der Waals surface area contributed by atoms with E-state index in [-0.39, 0.29) is 5.91 Å². The Balaban J connectivity index is 2.37. The van der Waals surface area contributed by atoms with Crippen molar-refractivity contribution in [3.63, 3.8) is 0 Å². The largest absolute Gasteiger partial charge is 0.376 e. The molecule has 3 heteroatoms. The van der Waals surface area contributed by atoms with Crippen LogP contribution >= 0.6 is 0 Å². The number of likely N-dealkylation sites (N-methyl/N-ethyl adjacent to an activating group) is 1. The molecule has 1 aromatic carbocycles. The molecule has 0 aliphatic rings. The minimum absolute atomic E-state index is 0.0544. The fraction of sp³-hybridized carbons (Fsp3) is 0.250. The summed E-state index contributed by atoms with van der Waals surface area (Å²) in [6.07, 6.45) is 1.71. The van der Waals surface area contributed by atoms with Crippen molar-refractivity contribution in [2.45, 2.75) is 0 Å². The van der Waals surface area contributed by atoms with Crippen molar-refractivity contribution in [3.05, 3.63) is 43.0 Å². The van der Waals surface area contributed by atoms with Gasteiger partial charge in [-0.3, -0.25) is 4.79 Å². The summed E-state index contributed by atoms with van der Waals surface area (Å²) in [6, 6.07) is 9.67. The Bertz CT molecular complexity index is 322. The Morgan fingerprint density at radius 3 is 2.73 bits per heavy atom. The summed E-state index contributed by atoms with van der Waals surface area (Å²) in [5.41, 5.74) is 0.956. The number of anilines is 1. The van der Waals surface area contributed by atoms with E-state index in [1.807, 2.05) is 30.3 Å². The maximum Gasteiger partial charge on any atom is 0.241 e. The molecule has 0 unspecified atom stereocenters. The smallest absolute Gasteiger partial charge is 0.241 e. The fourth-order valence-electron chi connectivity index (χ4n) is 1.16. The highest BCUT2D eigenvalue weighted by Gasteiger charge is 2.05.